The number of carbonyl (C=O) groups is 1. The molecule has 24 heavy (non-hydrogen) atoms. The summed E-state index contributed by atoms with van der Waals surface area (Å²) in [5.74, 6) is 0. The zero-order valence-electron chi connectivity index (χ0n) is 13.4. The molecule has 0 spiro atoms. The van der Waals surface area contributed by atoms with Gasteiger partial charge in [-0.3, -0.25) is 0 Å². The van der Waals surface area contributed by atoms with E-state index in [0.29, 0.717) is 0 Å². The highest BCUT2D eigenvalue weighted by Crippen LogP contribution is 2.33. The smallest absolute Gasteiger partial charge is 0.244 e. The molecule has 118 valence electrons. The average Bonchev–Trinajstić information content (AvgIpc) is 3.12. The first-order valence-electron chi connectivity index (χ1n) is 8.36. The minimum Gasteiger partial charge on any atom is -0.244 e. The largest absolute Gasteiger partial charge is 0.367 e. The van der Waals surface area contributed by atoms with Gasteiger partial charge in [0.1, 0.15) is 0 Å². The van der Waals surface area contributed by atoms with E-state index in [4.69, 9.17) is 0 Å². The van der Waals surface area contributed by atoms with Crippen molar-refractivity contribution >= 4 is 40.0 Å². The maximum absolute atomic E-state index is 9.85. The van der Waals surface area contributed by atoms with E-state index in [9.17, 15) is 4.79 Å². The summed E-state index contributed by atoms with van der Waals surface area (Å²) >= 11 is 0. The molecule has 1 aliphatic carbocycles. The van der Waals surface area contributed by atoms with Gasteiger partial charge < -0.3 is 0 Å². The highest BCUT2D eigenvalue weighted by atomic mass is 16.2. The molecule has 1 heterocycles. The summed E-state index contributed by atoms with van der Waals surface area (Å²) in [7, 11) is 0. The number of aryl methyl sites for hydroxylation is 2. The predicted molar refractivity (Wildman–Crippen MR) is 100 cm³/mol. The number of aliphatic imine (C=N–C) groups is 2. The van der Waals surface area contributed by atoms with Crippen LogP contribution in [0.25, 0.3) is 21.5 Å². The van der Waals surface area contributed by atoms with Crippen LogP contribution < -0.4 is 0 Å². The molecule has 3 aromatic rings. The number of urea groups is 1. The van der Waals surface area contributed by atoms with Crippen molar-refractivity contribution in [1.82, 2.24) is 0 Å². The Balaban J connectivity index is 0.000000207. The van der Waals surface area contributed by atoms with Crippen molar-refractivity contribution in [2.75, 3.05) is 0 Å². The van der Waals surface area contributed by atoms with Crippen LogP contribution in [0.1, 0.15) is 24.0 Å². The maximum atomic E-state index is 9.85. The Morgan fingerprint density at radius 1 is 0.708 bits per heavy atom. The highest BCUT2D eigenvalue weighted by molar-refractivity contribution is 6.25. The summed E-state index contributed by atoms with van der Waals surface area (Å²) in [6.45, 7) is 0. The molecule has 0 radical (unpaired) electrons. The Morgan fingerprint density at radius 3 is 2.25 bits per heavy atom. The second kappa shape index (κ2) is 6.36. The second-order valence-corrected chi connectivity index (χ2v) is 6.13. The first-order valence-corrected chi connectivity index (χ1v) is 8.36. The quantitative estimate of drug-likeness (QED) is 0.530. The molecule has 1 aliphatic heterocycles. The molecule has 0 saturated heterocycles. The van der Waals surface area contributed by atoms with Gasteiger partial charge in [0.15, 0.2) is 0 Å². The van der Waals surface area contributed by atoms with Crippen LogP contribution in [0.5, 0.6) is 0 Å². The Hall–Kier alpha value is -2.81. The van der Waals surface area contributed by atoms with Gasteiger partial charge in [0.25, 0.3) is 0 Å². The third kappa shape index (κ3) is 2.73. The van der Waals surface area contributed by atoms with Crippen molar-refractivity contribution in [2.45, 2.75) is 25.7 Å². The lowest BCUT2D eigenvalue weighted by Crippen LogP contribution is -2.02. The molecule has 0 unspecified atom stereocenters. The number of rotatable bonds is 0. The number of benzene rings is 3. The van der Waals surface area contributed by atoms with Crippen LogP contribution in [0, 0.1) is 0 Å². The van der Waals surface area contributed by atoms with Gasteiger partial charge >= 0.3 is 6.03 Å². The van der Waals surface area contributed by atoms with Crippen LogP contribution in [0.2, 0.25) is 0 Å². The van der Waals surface area contributed by atoms with Crippen LogP contribution >= 0.6 is 0 Å². The molecule has 3 aromatic carbocycles. The van der Waals surface area contributed by atoms with Crippen molar-refractivity contribution in [1.29, 1.82) is 0 Å². The lowest BCUT2D eigenvalue weighted by molar-refractivity contribution is 0.257. The summed E-state index contributed by atoms with van der Waals surface area (Å²) < 4.78 is 0. The molecular formula is C21H18N2O. The van der Waals surface area contributed by atoms with Gasteiger partial charge in [-0.2, -0.15) is 9.98 Å². The van der Waals surface area contributed by atoms with E-state index in [1.54, 1.807) is 11.1 Å². The van der Waals surface area contributed by atoms with Gasteiger partial charge in [0, 0.05) is 0 Å². The normalized spacial score (nSPS) is 15.4. The van der Waals surface area contributed by atoms with Crippen molar-refractivity contribution in [2.24, 2.45) is 9.98 Å². The summed E-state index contributed by atoms with van der Waals surface area (Å²) in [4.78, 5) is 16.3. The van der Waals surface area contributed by atoms with Crippen LogP contribution in [0.3, 0.4) is 0 Å². The molecule has 0 atom stereocenters. The number of nitrogens with zero attached hydrogens (tertiary/aromatic N) is 2. The number of fused-ring (bicyclic) bond motifs is 5. The third-order valence-electron chi connectivity index (χ3n) is 4.69. The number of amides is 2. The molecule has 0 N–H and O–H groups in total. The van der Waals surface area contributed by atoms with E-state index in [2.05, 4.69) is 58.5 Å². The summed E-state index contributed by atoms with van der Waals surface area (Å²) in [6.07, 6.45) is 7.94. The van der Waals surface area contributed by atoms with Crippen molar-refractivity contribution in [3.8, 4) is 0 Å². The average molecular weight is 314 g/mol. The highest BCUT2D eigenvalue weighted by Gasteiger charge is 2.13. The lowest BCUT2D eigenvalue weighted by Gasteiger charge is -2.18. The van der Waals surface area contributed by atoms with E-state index in [0.717, 1.165) is 0 Å². The number of hydrogen-bond acceptors (Lipinski definition) is 1. The first-order chi connectivity index (χ1) is 11.8. The molecule has 0 fully saturated rings. The first kappa shape index (κ1) is 14.8. The van der Waals surface area contributed by atoms with Crippen LogP contribution in [0.4, 0.5) is 4.79 Å². The Bertz CT molecular complexity index is 972. The van der Waals surface area contributed by atoms with E-state index in [1.165, 1.54) is 59.7 Å². The number of carbonyl (C=O) groups excluding carboxylic acids is 1. The number of hydrogen-bond donors (Lipinski definition) is 0. The van der Waals surface area contributed by atoms with Gasteiger partial charge in [0.05, 0.1) is 12.4 Å². The second-order valence-electron chi connectivity index (χ2n) is 6.13. The molecule has 0 saturated carbocycles. The fourth-order valence-corrected chi connectivity index (χ4v) is 3.57. The summed E-state index contributed by atoms with van der Waals surface area (Å²) in [5.41, 5.74) is 3.17. The van der Waals surface area contributed by atoms with Gasteiger partial charge in [-0.25, -0.2) is 4.79 Å². The van der Waals surface area contributed by atoms with Crippen molar-refractivity contribution in [3.63, 3.8) is 0 Å². The molecule has 2 amide bonds. The fraction of sp³-hybridized carbons (Fsp3) is 0.190. The Labute approximate surface area is 140 Å². The van der Waals surface area contributed by atoms with Gasteiger partial charge in [0.2, 0.25) is 0 Å². The molecule has 0 bridgehead atoms. The third-order valence-corrected chi connectivity index (χ3v) is 4.69. The molecule has 0 aromatic heterocycles. The molecule has 3 nitrogen and oxygen atoms in total. The van der Waals surface area contributed by atoms with Gasteiger partial charge in [-0.15, -0.1) is 0 Å². The minimum atomic E-state index is -0.407. The Morgan fingerprint density at radius 2 is 1.46 bits per heavy atom. The zero-order chi connectivity index (χ0) is 16.4. The van der Waals surface area contributed by atoms with Crippen molar-refractivity contribution in [3.05, 3.63) is 59.7 Å². The standard InChI is InChI=1S/C18H16.C3H2N2O/c1-3-7-15-13(5-1)9-11-18-16-8-4-2-6-14(16)10-12-17(15)18;6-3-4-1-2-5-3/h1,3,5,7,9-12H,2,4,6,8H2;1-2H. The maximum Gasteiger partial charge on any atom is 0.367 e. The van der Waals surface area contributed by atoms with Crippen LogP contribution in [-0.4, -0.2) is 18.5 Å². The van der Waals surface area contributed by atoms with E-state index >= 15 is 0 Å². The lowest BCUT2D eigenvalue weighted by atomic mass is 9.86. The molecule has 3 heteroatoms. The zero-order valence-corrected chi connectivity index (χ0v) is 13.4. The van der Waals surface area contributed by atoms with E-state index < -0.39 is 6.03 Å². The molecule has 2 aliphatic rings. The minimum absolute atomic E-state index is 0.407. The fourth-order valence-electron chi connectivity index (χ4n) is 3.57. The predicted octanol–water partition coefficient (Wildman–Crippen LogP) is 5.13. The summed E-state index contributed by atoms with van der Waals surface area (Å²) in [6, 6.07) is 17.6. The molecular weight excluding hydrogens is 296 g/mol. The van der Waals surface area contributed by atoms with Gasteiger partial charge in [-0.05, 0) is 58.4 Å². The van der Waals surface area contributed by atoms with Crippen LogP contribution in [-0.2, 0) is 12.8 Å². The van der Waals surface area contributed by atoms with E-state index in [1.807, 2.05) is 0 Å². The monoisotopic (exact) mass is 314 g/mol. The molecule has 5 rings (SSSR count). The SMILES string of the molecule is O=C1N=CC=N1.c1ccc2c(c1)ccc1c3c(ccc12)CCCC3. The topological polar surface area (TPSA) is 41.8 Å². The van der Waals surface area contributed by atoms with E-state index in [-0.39, 0.29) is 0 Å². The van der Waals surface area contributed by atoms with Gasteiger partial charge in [-0.1, -0.05) is 48.5 Å². The van der Waals surface area contributed by atoms with Crippen molar-refractivity contribution < 1.29 is 4.79 Å². The van der Waals surface area contributed by atoms with Crippen LogP contribution in [0.15, 0.2) is 58.5 Å². The summed E-state index contributed by atoms with van der Waals surface area (Å²) in [5, 5.41) is 5.64. The Kier molecular flexibility index (Phi) is 3.91.